The smallest absolute Gasteiger partial charge is 0.265 e. The second-order valence-electron chi connectivity index (χ2n) is 6.24. The van der Waals surface area contributed by atoms with Gasteiger partial charge in [0.15, 0.2) is 0 Å². The Hall–Kier alpha value is -3.06. The predicted molar refractivity (Wildman–Crippen MR) is 107 cm³/mol. The molecule has 0 saturated carbocycles. The third-order valence-corrected chi connectivity index (χ3v) is 4.88. The van der Waals surface area contributed by atoms with Crippen LogP contribution in [0, 0.1) is 6.92 Å². The number of rotatable bonds is 5. The van der Waals surface area contributed by atoms with Crippen LogP contribution in [0.2, 0.25) is 0 Å². The van der Waals surface area contributed by atoms with Crippen molar-refractivity contribution in [1.29, 1.82) is 0 Å². The number of carbonyl (C=O) groups excluding carboxylic acids is 2. The van der Waals surface area contributed by atoms with Crippen LogP contribution in [0.15, 0.2) is 48.7 Å². The van der Waals surface area contributed by atoms with Gasteiger partial charge in [0, 0.05) is 13.1 Å². The Bertz CT molecular complexity index is 952. The number of amides is 2. The highest BCUT2D eigenvalue weighted by molar-refractivity contribution is 7.09. The standard InChI is InChI=1S/C20H20N4O2S/c1-12-7-9-15(10-8-12)13(2)22-20(26)19-18(23-14(3)25)17(24-27-19)16-6-4-5-11-21-16/h4-11,13H,1-3H3,(H,22,26)(H,23,25). The maximum absolute atomic E-state index is 12.8. The summed E-state index contributed by atoms with van der Waals surface area (Å²) in [5, 5.41) is 5.70. The number of nitrogens with zero attached hydrogens (tertiary/aromatic N) is 2. The minimum atomic E-state index is -0.286. The van der Waals surface area contributed by atoms with E-state index in [1.54, 1.807) is 18.3 Å². The Morgan fingerprint density at radius 2 is 1.85 bits per heavy atom. The van der Waals surface area contributed by atoms with E-state index in [4.69, 9.17) is 0 Å². The van der Waals surface area contributed by atoms with Crippen LogP contribution in [-0.4, -0.2) is 21.2 Å². The number of aromatic nitrogens is 2. The molecule has 0 fully saturated rings. The number of aryl methyl sites for hydroxylation is 1. The van der Waals surface area contributed by atoms with E-state index in [2.05, 4.69) is 20.0 Å². The van der Waals surface area contributed by atoms with Gasteiger partial charge in [0.05, 0.1) is 17.4 Å². The summed E-state index contributed by atoms with van der Waals surface area (Å²) in [5.41, 5.74) is 3.64. The number of nitrogens with one attached hydrogen (secondary N) is 2. The molecule has 0 radical (unpaired) electrons. The number of carbonyl (C=O) groups is 2. The summed E-state index contributed by atoms with van der Waals surface area (Å²) < 4.78 is 4.36. The van der Waals surface area contributed by atoms with Gasteiger partial charge in [-0.3, -0.25) is 14.6 Å². The Labute approximate surface area is 161 Å². The summed E-state index contributed by atoms with van der Waals surface area (Å²) in [6, 6.07) is 13.2. The molecule has 0 spiro atoms. The van der Waals surface area contributed by atoms with Gasteiger partial charge >= 0.3 is 0 Å². The third-order valence-electron chi connectivity index (χ3n) is 4.03. The minimum absolute atomic E-state index is 0.177. The Morgan fingerprint density at radius 3 is 2.48 bits per heavy atom. The summed E-state index contributed by atoms with van der Waals surface area (Å²) in [4.78, 5) is 29.1. The molecular formula is C20H20N4O2S. The van der Waals surface area contributed by atoms with Gasteiger partial charge in [-0.1, -0.05) is 35.9 Å². The molecule has 6 nitrogen and oxygen atoms in total. The van der Waals surface area contributed by atoms with Gasteiger partial charge in [-0.2, -0.15) is 4.37 Å². The van der Waals surface area contributed by atoms with Crippen molar-refractivity contribution in [2.75, 3.05) is 5.32 Å². The van der Waals surface area contributed by atoms with Gasteiger partial charge < -0.3 is 10.6 Å². The molecule has 3 aromatic rings. The lowest BCUT2D eigenvalue weighted by molar-refractivity contribution is -0.114. The highest BCUT2D eigenvalue weighted by Gasteiger charge is 2.23. The second-order valence-corrected chi connectivity index (χ2v) is 7.01. The minimum Gasteiger partial charge on any atom is -0.345 e. The van der Waals surface area contributed by atoms with Crippen LogP contribution in [0.4, 0.5) is 5.69 Å². The summed E-state index contributed by atoms with van der Waals surface area (Å²) in [7, 11) is 0. The number of anilines is 1. The molecule has 0 aliphatic heterocycles. The predicted octanol–water partition coefficient (Wildman–Crippen LogP) is 3.96. The first-order valence-electron chi connectivity index (χ1n) is 8.52. The van der Waals surface area contributed by atoms with E-state index in [0.717, 1.165) is 22.7 Å². The van der Waals surface area contributed by atoms with Gasteiger partial charge in [-0.05, 0) is 43.1 Å². The van der Waals surface area contributed by atoms with E-state index in [0.29, 0.717) is 22.0 Å². The van der Waals surface area contributed by atoms with Crippen molar-refractivity contribution in [3.05, 3.63) is 64.7 Å². The lowest BCUT2D eigenvalue weighted by atomic mass is 10.1. The SMILES string of the molecule is CC(=O)Nc1c(-c2ccccn2)nsc1C(=O)NC(C)c1ccc(C)cc1. The fourth-order valence-electron chi connectivity index (χ4n) is 2.62. The number of benzene rings is 1. The highest BCUT2D eigenvalue weighted by atomic mass is 32.1. The number of hydrogen-bond donors (Lipinski definition) is 2. The first-order valence-corrected chi connectivity index (χ1v) is 9.29. The van der Waals surface area contributed by atoms with Crippen molar-refractivity contribution in [2.24, 2.45) is 0 Å². The van der Waals surface area contributed by atoms with Crippen LogP contribution in [0.1, 0.15) is 40.7 Å². The zero-order chi connectivity index (χ0) is 19.4. The van der Waals surface area contributed by atoms with Crippen LogP contribution in [0.25, 0.3) is 11.4 Å². The fraction of sp³-hybridized carbons (Fsp3) is 0.200. The molecule has 27 heavy (non-hydrogen) atoms. The van der Waals surface area contributed by atoms with Gasteiger partial charge in [0.25, 0.3) is 5.91 Å². The molecule has 1 aromatic carbocycles. The molecule has 1 unspecified atom stereocenters. The van der Waals surface area contributed by atoms with E-state index >= 15 is 0 Å². The molecule has 2 aromatic heterocycles. The van der Waals surface area contributed by atoms with Crippen LogP contribution in [-0.2, 0) is 4.79 Å². The topological polar surface area (TPSA) is 84.0 Å². The normalized spacial score (nSPS) is 11.7. The van der Waals surface area contributed by atoms with E-state index in [1.165, 1.54) is 6.92 Å². The van der Waals surface area contributed by atoms with Gasteiger partial charge in [-0.15, -0.1) is 0 Å². The van der Waals surface area contributed by atoms with Crippen molar-refractivity contribution < 1.29 is 9.59 Å². The third kappa shape index (κ3) is 4.38. The van der Waals surface area contributed by atoms with Crippen LogP contribution >= 0.6 is 11.5 Å². The number of pyridine rings is 1. The molecule has 0 bridgehead atoms. The summed E-state index contributed by atoms with van der Waals surface area (Å²) in [5.74, 6) is -0.556. The first kappa shape index (κ1) is 18.7. The molecule has 2 amide bonds. The molecule has 7 heteroatoms. The number of hydrogen-bond acceptors (Lipinski definition) is 5. The summed E-state index contributed by atoms with van der Waals surface area (Å²) in [6.45, 7) is 5.33. The molecule has 138 valence electrons. The second kappa shape index (κ2) is 8.09. The van der Waals surface area contributed by atoms with E-state index < -0.39 is 0 Å². The average molecular weight is 380 g/mol. The molecule has 1 atom stereocenters. The molecule has 0 aliphatic carbocycles. The van der Waals surface area contributed by atoms with Crippen molar-refractivity contribution in [1.82, 2.24) is 14.7 Å². The average Bonchev–Trinajstić information content (AvgIpc) is 3.06. The molecule has 0 aliphatic rings. The maximum Gasteiger partial charge on any atom is 0.265 e. The quantitative estimate of drug-likeness (QED) is 0.702. The van der Waals surface area contributed by atoms with Crippen molar-refractivity contribution >= 4 is 29.0 Å². The molecule has 3 rings (SSSR count). The lowest BCUT2D eigenvalue weighted by Crippen LogP contribution is -2.27. The Balaban J connectivity index is 1.88. The zero-order valence-corrected chi connectivity index (χ0v) is 16.1. The van der Waals surface area contributed by atoms with Crippen LogP contribution < -0.4 is 10.6 Å². The van der Waals surface area contributed by atoms with E-state index in [9.17, 15) is 9.59 Å². The van der Waals surface area contributed by atoms with E-state index in [1.807, 2.05) is 44.2 Å². The molecule has 2 heterocycles. The van der Waals surface area contributed by atoms with Gasteiger partial charge in [0.2, 0.25) is 5.91 Å². The van der Waals surface area contributed by atoms with E-state index in [-0.39, 0.29) is 17.9 Å². The highest BCUT2D eigenvalue weighted by Crippen LogP contribution is 2.32. The summed E-state index contributed by atoms with van der Waals surface area (Å²) in [6.07, 6.45) is 1.64. The van der Waals surface area contributed by atoms with Gasteiger partial charge in [-0.25, -0.2) is 0 Å². The van der Waals surface area contributed by atoms with Crippen molar-refractivity contribution in [2.45, 2.75) is 26.8 Å². The Kier molecular flexibility index (Phi) is 5.61. The largest absolute Gasteiger partial charge is 0.345 e. The first-order chi connectivity index (χ1) is 13.0. The van der Waals surface area contributed by atoms with Crippen molar-refractivity contribution in [3.63, 3.8) is 0 Å². The zero-order valence-electron chi connectivity index (χ0n) is 15.3. The molecular weight excluding hydrogens is 360 g/mol. The van der Waals surface area contributed by atoms with Crippen LogP contribution in [0.5, 0.6) is 0 Å². The lowest BCUT2D eigenvalue weighted by Gasteiger charge is -2.14. The fourth-order valence-corrected chi connectivity index (χ4v) is 3.36. The van der Waals surface area contributed by atoms with Gasteiger partial charge in [0.1, 0.15) is 10.6 Å². The maximum atomic E-state index is 12.8. The van der Waals surface area contributed by atoms with Crippen LogP contribution in [0.3, 0.4) is 0 Å². The van der Waals surface area contributed by atoms with Crippen molar-refractivity contribution in [3.8, 4) is 11.4 Å². The molecule has 0 saturated heterocycles. The monoisotopic (exact) mass is 380 g/mol. The Morgan fingerprint density at radius 1 is 1.11 bits per heavy atom. The summed E-state index contributed by atoms with van der Waals surface area (Å²) >= 11 is 1.04. The molecule has 2 N–H and O–H groups in total.